The van der Waals surface area contributed by atoms with E-state index in [4.69, 9.17) is 14.6 Å². The number of hydrogen-bond acceptors (Lipinski definition) is 6. The van der Waals surface area contributed by atoms with Crippen molar-refractivity contribution in [1.29, 1.82) is 0 Å². The minimum absolute atomic E-state index is 0.0294. The van der Waals surface area contributed by atoms with Crippen LogP contribution in [0.4, 0.5) is 0 Å². The summed E-state index contributed by atoms with van der Waals surface area (Å²) in [6.07, 6.45) is 10.9. The van der Waals surface area contributed by atoms with Crippen LogP contribution in [0.1, 0.15) is 110 Å². The molecule has 4 saturated carbocycles. The van der Waals surface area contributed by atoms with Gasteiger partial charge in [0.15, 0.2) is 11.5 Å². The van der Waals surface area contributed by atoms with E-state index in [0.29, 0.717) is 18.2 Å². The SMILES string of the molecule is CCCCCC(=O)O.CO[C@@]12CC[C@@]3(C[C@@H]1[C@](C)(O)C(C)(C)C)[C@H]1Cc4ccc(O)c5c4[C@@]3(CCN1CC1CC1)[C@H]2O5. The maximum absolute atomic E-state index is 12.2. The first-order valence-electron chi connectivity index (χ1n) is 16.5. The van der Waals surface area contributed by atoms with Gasteiger partial charge in [-0.25, -0.2) is 0 Å². The van der Waals surface area contributed by atoms with Gasteiger partial charge in [0.05, 0.1) is 5.60 Å². The normalized spacial score (nSPS) is 37.3. The van der Waals surface area contributed by atoms with Gasteiger partial charge in [0.2, 0.25) is 0 Å². The Labute approximate surface area is 252 Å². The van der Waals surface area contributed by atoms with E-state index in [-0.39, 0.29) is 34.0 Å². The van der Waals surface area contributed by atoms with Crippen LogP contribution in [0.15, 0.2) is 12.1 Å². The Bertz CT molecular complexity index is 1220. The molecular formula is C35H53NO6. The summed E-state index contributed by atoms with van der Waals surface area (Å²) in [5.74, 6) is 1.12. The number of fused-ring (bicyclic) bond motifs is 2. The topological polar surface area (TPSA) is 99.5 Å². The number of hydrogen-bond donors (Lipinski definition) is 3. The molecule has 7 nitrogen and oxygen atoms in total. The zero-order chi connectivity index (χ0) is 30.3. The summed E-state index contributed by atoms with van der Waals surface area (Å²) in [5.41, 5.74) is 0.783. The van der Waals surface area contributed by atoms with Crippen molar-refractivity contribution in [3.05, 3.63) is 23.3 Å². The molecule has 7 heteroatoms. The van der Waals surface area contributed by atoms with Crippen LogP contribution < -0.4 is 4.74 Å². The predicted molar refractivity (Wildman–Crippen MR) is 162 cm³/mol. The molecule has 7 atom stereocenters. The number of aliphatic hydroxyl groups is 1. The Morgan fingerprint density at radius 2 is 1.88 bits per heavy atom. The van der Waals surface area contributed by atoms with Crippen LogP contribution in [0.2, 0.25) is 0 Å². The summed E-state index contributed by atoms with van der Waals surface area (Å²) in [4.78, 5) is 12.7. The molecule has 1 saturated heterocycles. The maximum Gasteiger partial charge on any atom is 0.303 e. The fourth-order valence-corrected chi connectivity index (χ4v) is 10.1. The molecule has 2 heterocycles. The number of aliphatic carboxylic acids is 1. The van der Waals surface area contributed by atoms with Gasteiger partial charge in [-0.2, -0.15) is 0 Å². The highest BCUT2D eigenvalue weighted by Crippen LogP contribution is 2.78. The Morgan fingerprint density at radius 3 is 2.50 bits per heavy atom. The Morgan fingerprint density at radius 1 is 1.14 bits per heavy atom. The highest BCUT2D eigenvalue weighted by molar-refractivity contribution is 5.66. The molecule has 234 valence electrons. The summed E-state index contributed by atoms with van der Waals surface area (Å²) < 4.78 is 13.5. The molecule has 0 radical (unpaired) electrons. The molecule has 5 aliphatic carbocycles. The number of aromatic hydroxyl groups is 1. The lowest BCUT2D eigenvalue weighted by atomic mass is 9.33. The van der Waals surface area contributed by atoms with Gasteiger partial charge in [0, 0.05) is 48.4 Å². The van der Waals surface area contributed by atoms with Crippen LogP contribution in [-0.4, -0.2) is 69.7 Å². The van der Waals surface area contributed by atoms with Gasteiger partial charge in [0.25, 0.3) is 0 Å². The summed E-state index contributed by atoms with van der Waals surface area (Å²) in [6.45, 7) is 12.9. The van der Waals surface area contributed by atoms with E-state index >= 15 is 0 Å². The van der Waals surface area contributed by atoms with E-state index in [1.165, 1.54) is 30.5 Å². The number of methoxy groups -OCH3 is 1. The molecule has 7 aliphatic rings. The van der Waals surface area contributed by atoms with Crippen LogP contribution in [0.25, 0.3) is 0 Å². The molecule has 3 N–H and O–H groups in total. The second-order valence-electron chi connectivity index (χ2n) is 15.6. The third kappa shape index (κ3) is 4.05. The van der Waals surface area contributed by atoms with Crippen LogP contribution in [-0.2, 0) is 21.4 Å². The highest BCUT2D eigenvalue weighted by Gasteiger charge is 2.82. The van der Waals surface area contributed by atoms with Gasteiger partial charge in [-0.1, -0.05) is 46.6 Å². The van der Waals surface area contributed by atoms with Gasteiger partial charge < -0.3 is 24.8 Å². The minimum atomic E-state index is -0.909. The van der Waals surface area contributed by atoms with Gasteiger partial charge in [0.1, 0.15) is 11.7 Å². The van der Waals surface area contributed by atoms with Gasteiger partial charge in [-0.3, -0.25) is 9.69 Å². The minimum Gasteiger partial charge on any atom is -0.504 e. The average molecular weight is 584 g/mol. The average Bonchev–Trinajstić information content (AvgIpc) is 3.67. The lowest BCUT2D eigenvalue weighted by molar-refractivity contribution is -0.312. The first-order valence-corrected chi connectivity index (χ1v) is 16.5. The molecule has 2 aliphatic heterocycles. The largest absolute Gasteiger partial charge is 0.504 e. The summed E-state index contributed by atoms with van der Waals surface area (Å²) in [5, 5.41) is 31.3. The smallest absolute Gasteiger partial charge is 0.303 e. The first-order chi connectivity index (χ1) is 19.8. The van der Waals surface area contributed by atoms with Crippen molar-refractivity contribution in [1.82, 2.24) is 4.90 Å². The van der Waals surface area contributed by atoms with Crippen molar-refractivity contribution in [2.45, 2.75) is 134 Å². The molecule has 5 fully saturated rings. The second-order valence-corrected chi connectivity index (χ2v) is 15.6. The van der Waals surface area contributed by atoms with Crippen molar-refractivity contribution in [2.75, 3.05) is 20.2 Å². The molecule has 0 amide bonds. The summed E-state index contributed by atoms with van der Waals surface area (Å²) in [6, 6.07) is 4.46. The summed E-state index contributed by atoms with van der Waals surface area (Å²) >= 11 is 0. The van der Waals surface area contributed by atoms with Gasteiger partial charge in [-0.15, -0.1) is 0 Å². The van der Waals surface area contributed by atoms with Crippen molar-refractivity contribution in [3.63, 3.8) is 0 Å². The number of carboxylic acid groups (broad SMARTS) is 1. The Balaban J connectivity index is 0.000000350. The van der Waals surface area contributed by atoms with E-state index in [1.54, 1.807) is 0 Å². The molecule has 4 bridgehead atoms. The van der Waals surface area contributed by atoms with E-state index < -0.39 is 17.2 Å². The quantitative estimate of drug-likeness (QED) is 0.320. The number of phenolic OH excluding ortho intramolecular Hbond substituents is 1. The van der Waals surface area contributed by atoms with Crippen molar-refractivity contribution in [2.24, 2.45) is 22.7 Å². The second kappa shape index (κ2) is 10.1. The number of ether oxygens (including phenoxy) is 2. The zero-order valence-corrected chi connectivity index (χ0v) is 26.7. The number of phenols is 1. The maximum atomic E-state index is 12.2. The van der Waals surface area contributed by atoms with Crippen molar-refractivity contribution >= 4 is 5.97 Å². The van der Waals surface area contributed by atoms with E-state index in [0.717, 1.165) is 63.8 Å². The lowest BCUT2D eigenvalue weighted by Crippen LogP contribution is -2.83. The molecule has 1 aromatic rings. The monoisotopic (exact) mass is 583 g/mol. The third-order valence-electron chi connectivity index (χ3n) is 12.9. The fourth-order valence-electron chi connectivity index (χ4n) is 10.1. The Hall–Kier alpha value is -1.83. The van der Waals surface area contributed by atoms with E-state index in [1.807, 2.05) is 20.1 Å². The standard InChI is InChI=1S/C29H41NO4.C6H12O2/c1-25(2,3)26(4,32)20-15-27-10-11-29(20,33-5)24-28(27)12-13-30(16-17-6-7-17)21(27)14-18-8-9-19(31)23(34-24)22(18)28;1-2-3-4-5-6(7)8/h8-9,17,20-21,24,31-32H,6-7,10-16H2,1-5H3;2-5H2,1H3,(H,7,8)/t20-,21-,24-,26+,27-,28+,29+;/m1./s1. The van der Waals surface area contributed by atoms with E-state index in [9.17, 15) is 15.0 Å². The van der Waals surface area contributed by atoms with E-state index in [2.05, 4.69) is 38.7 Å². The Kier molecular flexibility index (Phi) is 7.26. The number of likely N-dealkylation sites (tertiary alicyclic amines) is 1. The lowest BCUT2D eigenvalue weighted by Gasteiger charge is -2.75. The van der Waals surface area contributed by atoms with Crippen molar-refractivity contribution < 1.29 is 29.6 Å². The fraction of sp³-hybridized carbons (Fsp3) is 0.800. The number of rotatable bonds is 8. The van der Waals surface area contributed by atoms with Gasteiger partial charge in [-0.05, 0) is 87.8 Å². The molecule has 8 rings (SSSR count). The van der Waals surface area contributed by atoms with Crippen LogP contribution in [0, 0.1) is 22.7 Å². The number of benzene rings is 1. The third-order valence-corrected chi connectivity index (χ3v) is 12.9. The molecule has 2 spiro atoms. The summed E-state index contributed by atoms with van der Waals surface area (Å²) in [7, 11) is 1.83. The number of carboxylic acids is 1. The van der Waals surface area contributed by atoms with Crippen LogP contribution in [0.5, 0.6) is 11.5 Å². The molecular weight excluding hydrogens is 530 g/mol. The first kappa shape index (κ1) is 30.2. The van der Waals surface area contributed by atoms with Gasteiger partial charge >= 0.3 is 5.97 Å². The van der Waals surface area contributed by atoms with Crippen molar-refractivity contribution in [3.8, 4) is 11.5 Å². The van der Waals surface area contributed by atoms with Crippen LogP contribution >= 0.6 is 0 Å². The molecule has 1 aromatic carbocycles. The highest BCUT2D eigenvalue weighted by atomic mass is 16.6. The number of carbonyl (C=O) groups is 1. The van der Waals surface area contributed by atoms with Crippen LogP contribution in [0.3, 0.4) is 0 Å². The molecule has 0 aromatic heterocycles. The predicted octanol–water partition coefficient (Wildman–Crippen LogP) is 6.07. The number of unbranched alkanes of at least 4 members (excludes halogenated alkanes) is 2. The molecule has 42 heavy (non-hydrogen) atoms. The zero-order valence-electron chi connectivity index (χ0n) is 26.7. The number of nitrogens with zero attached hydrogens (tertiary/aromatic N) is 1. The molecule has 0 unspecified atom stereocenters. The number of piperidine rings is 1.